The summed E-state index contributed by atoms with van der Waals surface area (Å²) in [4.78, 5) is 0. The summed E-state index contributed by atoms with van der Waals surface area (Å²) in [7, 11) is 1.62. The minimum Gasteiger partial charge on any atom is -0.497 e. The van der Waals surface area contributed by atoms with E-state index >= 15 is 0 Å². The zero-order valence-electron chi connectivity index (χ0n) is 16.6. The lowest BCUT2D eigenvalue weighted by Crippen LogP contribution is -2.31. The first-order valence-electron chi connectivity index (χ1n) is 9.81. The molecule has 0 saturated carbocycles. The van der Waals surface area contributed by atoms with Crippen LogP contribution in [-0.2, 0) is 13.1 Å². The van der Waals surface area contributed by atoms with E-state index in [9.17, 15) is 5.11 Å². The first-order chi connectivity index (χ1) is 13.6. The summed E-state index contributed by atoms with van der Waals surface area (Å²) in [5.74, 6) is 1.44. The average molecular weight is 383 g/mol. The fourth-order valence-corrected chi connectivity index (χ4v) is 3.35. The Kier molecular flexibility index (Phi) is 6.76. The monoisotopic (exact) mass is 383 g/mol. The van der Waals surface area contributed by atoms with E-state index < -0.39 is 6.10 Å². The summed E-state index contributed by atoms with van der Waals surface area (Å²) in [6, 6.07) is 15.3. The van der Waals surface area contributed by atoms with E-state index in [0.717, 1.165) is 42.6 Å². The third-order valence-corrected chi connectivity index (χ3v) is 4.86. The number of hydrogen-bond donors (Lipinski definition) is 2. The second-order valence-electron chi connectivity index (χ2n) is 6.92. The summed E-state index contributed by atoms with van der Waals surface area (Å²) in [5.41, 5.74) is 2.42. The van der Waals surface area contributed by atoms with Crippen molar-refractivity contribution in [1.82, 2.24) is 9.13 Å². The van der Waals surface area contributed by atoms with Crippen molar-refractivity contribution in [3.05, 3.63) is 54.1 Å². The van der Waals surface area contributed by atoms with Crippen molar-refractivity contribution in [2.75, 3.05) is 13.7 Å². The molecule has 1 heterocycles. The minimum atomic E-state index is -0.717. The Bertz CT molecular complexity index is 944. The van der Waals surface area contributed by atoms with Gasteiger partial charge in [-0.05, 0) is 42.8 Å². The minimum absolute atomic E-state index is 0.161. The molecule has 1 atom stereocenters. The van der Waals surface area contributed by atoms with Gasteiger partial charge in [-0.2, -0.15) is 0 Å². The molecule has 0 fully saturated rings. The summed E-state index contributed by atoms with van der Waals surface area (Å²) < 4.78 is 14.7. The summed E-state index contributed by atoms with van der Waals surface area (Å²) in [5, 5.41) is 19.1. The molecule has 6 heteroatoms. The molecular weight excluding hydrogens is 354 g/mol. The maximum absolute atomic E-state index is 10.5. The number of aryl methyl sites for hydroxylation is 1. The normalized spacial score (nSPS) is 12.2. The highest BCUT2D eigenvalue weighted by molar-refractivity contribution is 5.75. The maximum atomic E-state index is 10.5. The second-order valence-corrected chi connectivity index (χ2v) is 6.92. The fourth-order valence-electron chi connectivity index (χ4n) is 3.35. The van der Waals surface area contributed by atoms with Gasteiger partial charge in [-0.3, -0.25) is 5.41 Å². The third kappa shape index (κ3) is 4.57. The van der Waals surface area contributed by atoms with Gasteiger partial charge in [-0.1, -0.05) is 31.9 Å². The maximum Gasteiger partial charge on any atom is 0.203 e. The van der Waals surface area contributed by atoms with Crippen LogP contribution in [0, 0.1) is 5.41 Å². The molecule has 150 valence electrons. The van der Waals surface area contributed by atoms with Crippen molar-refractivity contribution in [2.45, 2.75) is 45.4 Å². The molecule has 0 aliphatic rings. The number of nitrogens with zero attached hydrogens (tertiary/aromatic N) is 2. The predicted molar refractivity (Wildman–Crippen MR) is 110 cm³/mol. The number of rotatable bonds is 10. The number of para-hydroxylation sites is 2. The van der Waals surface area contributed by atoms with E-state index in [1.54, 1.807) is 7.11 Å². The Hall–Kier alpha value is -2.73. The van der Waals surface area contributed by atoms with Crippen molar-refractivity contribution < 1.29 is 14.6 Å². The SMILES string of the molecule is CCCCCn1c(=N)n(CC(O)COc2ccc(OC)cc2)c2ccccc21. The Morgan fingerprint density at radius 3 is 2.25 bits per heavy atom. The molecule has 0 aliphatic heterocycles. The molecule has 1 unspecified atom stereocenters. The van der Waals surface area contributed by atoms with Crippen LogP contribution >= 0.6 is 0 Å². The number of unbranched alkanes of at least 4 members (excludes halogenated alkanes) is 2. The van der Waals surface area contributed by atoms with E-state index in [0.29, 0.717) is 17.9 Å². The van der Waals surface area contributed by atoms with Crippen molar-refractivity contribution in [1.29, 1.82) is 5.41 Å². The number of hydrogen-bond acceptors (Lipinski definition) is 4. The number of methoxy groups -OCH3 is 1. The van der Waals surface area contributed by atoms with Crippen molar-refractivity contribution in [3.63, 3.8) is 0 Å². The number of benzene rings is 2. The molecule has 2 N–H and O–H groups in total. The lowest BCUT2D eigenvalue weighted by molar-refractivity contribution is 0.0920. The highest BCUT2D eigenvalue weighted by atomic mass is 16.5. The molecule has 0 amide bonds. The smallest absolute Gasteiger partial charge is 0.203 e. The van der Waals surface area contributed by atoms with Gasteiger partial charge in [0.1, 0.15) is 24.2 Å². The zero-order chi connectivity index (χ0) is 19.9. The molecule has 3 rings (SSSR count). The van der Waals surface area contributed by atoms with Gasteiger partial charge in [0.25, 0.3) is 0 Å². The van der Waals surface area contributed by atoms with E-state index in [4.69, 9.17) is 14.9 Å². The van der Waals surface area contributed by atoms with Gasteiger partial charge in [-0.15, -0.1) is 0 Å². The van der Waals surface area contributed by atoms with Gasteiger partial charge in [0.15, 0.2) is 0 Å². The fraction of sp³-hybridized carbons (Fsp3) is 0.409. The van der Waals surface area contributed by atoms with Crippen LogP contribution in [0.15, 0.2) is 48.5 Å². The van der Waals surface area contributed by atoms with E-state index in [2.05, 4.69) is 6.92 Å². The molecule has 0 spiro atoms. The molecule has 0 aliphatic carbocycles. The van der Waals surface area contributed by atoms with Gasteiger partial charge in [0.2, 0.25) is 5.62 Å². The first-order valence-corrected chi connectivity index (χ1v) is 9.81. The Morgan fingerprint density at radius 2 is 1.61 bits per heavy atom. The quantitative estimate of drug-likeness (QED) is 0.526. The van der Waals surface area contributed by atoms with Gasteiger partial charge < -0.3 is 23.7 Å². The number of fused-ring (bicyclic) bond motifs is 1. The van der Waals surface area contributed by atoms with Crippen LogP contribution in [0.4, 0.5) is 0 Å². The zero-order valence-corrected chi connectivity index (χ0v) is 16.6. The molecular formula is C22H29N3O3. The Balaban J connectivity index is 1.71. The highest BCUT2D eigenvalue weighted by Crippen LogP contribution is 2.18. The van der Waals surface area contributed by atoms with Crippen LogP contribution < -0.4 is 15.1 Å². The molecule has 3 aromatic rings. The first kappa shape index (κ1) is 20.0. The van der Waals surface area contributed by atoms with Crippen molar-refractivity contribution in [2.24, 2.45) is 0 Å². The van der Waals surface area contributed by atoms with E-state index in [1.807, 2.05) is 57.7 Å². The second kappa shape index (κ2) is 9.46. The molecule has 0 bridgehead atoms. The number of nitrogens with one attached hydrogen (secondary N) is 1. The van der Waals surface area contributed by atoms with E-state index in [-0.39, 0.29) is 6.61 Å². The Morgan fingerprint density at radius 1 is 0.964 bits per heavy atom. The predicted octanol–water partition coefficient (Wildman–Crippen LogP) is 3.56. The van der Waals surface area contributed by atoms with Crippen LogP contribution in [-0.4, -0.2) is 34.1 Å². The van der Waals surface area contributed by atoms with Crippen molar-refractivity contribution in [3.8, 4) is 11.5 Å². The van der Waals surface area contributed by atoms with Gasteiger partial charge in [-0.25, -0.2) is 0 Å². The molecule has 6 nitrogen and oxygen atoms in total. The lowest BCUT2D eigenvalue weighted by atomic mass is 10.2. The Labute approximate surface area is 165 Å². The molecule has 2 aromatic carbocycles. The van der Waals surface area contributed by atoms with Crippen LogP contribution in [0.1, 0.15) is 26.2 Å². The van der Waals surface area contributed by atoms with Crippen molar-refractivity contribution >= 4 is 11.0 Å². The lowest BCUT2D eigenvalue weighted by Gasteiger charge is -2.14. The topological polar surface area (TPSA) is 72.4 Å². The van der Waals surface area contributed by atoms with Crippen LogP contribution in [0.25, 0.3) is 11.0 Å². The largest absolute Gasteiger partial charge is 0.497 e. The number of ether oxygens (including phenoxy) is 2. The number of aromatic nitrogens is 2. The summed E-state index contributed by atoms with van der Waals surface area (Å²) in [6.07, 6.45) is 2.62. The number of aliphatic hydroxyl groups excluding tert-OH is 1. The van der Waals surface area contributed by atoms with Crippen LogP contribution in [0.2, 0.25) is 0 Å². The third-order valence-electron chi connectivity index (χ3n) is 4.86. The number of imidazole rings is 1. The molecule has 28 heavy (non-hydrogen) atoms. The van der Waals surface area contributed by atoms with Crippen LogP contribution in [0.3, 0.4) is 0 Å². The summed E-state index contributed by atoms with van der Waals surface area (Å²) in [6.45, 7) is 3.47. The highest BCUT2D eigenvalue weighted by Gasteiger charge is 2.14. The molecule has 0 saturated heterocycles. The molecule has 1 aromatic heterocycles. The van der Waals surface area contributed by atoms with Gasteiger partial charge in [0, 0.05) is 6.54 Å². The standard InChI is InChI=1S/C22H29N3O3/c1-3-4-7-14-24-20-8-5-6-9-21(20)25(22(24)23)15-17(26)16-28-19-12-10-18(27-2)11-13-19/h5-6,8-13,17,23,26H,3-4,7,14-16H2,1-2H3. The average Bonchev–Trinajstić information content (AvgIpc) is 2.99. The molecule has 0 radical (unpaired) electrons. The summed E-state index contributed by atoms with van der Waals surface area (Å²) >= 11 is 0. The van der Waals surface area contributed by atoms with Crippen LogP contribution in [0.5, 0.6) is 11.5 Å². The van der Waals surface area contributed by atoms with Gasteiger partial charge >= 0.3 is 0 Å². The van der Waals surface area contributed by atoms with E-state index in [1.165, 1.54) is 0 Å². The van der Waals surface area contributed by atoms with Gasteiger partial charge in [0.05, 0.1) is 24.7 Å². The number of aliphatic hydroxyl groups is 1.